The Kier molecular flexibility index (Phi) is 7.10. The van der Waals surface area contributed by atoms with Gasteiger partial charge in [0.25, 0.3) is 5.69 Å². The maximum Gasteiger partial charge on any atom is 0.292 e. The van der Waals surface area contributed by atoms with Crippen molar-refractivity contribution < 1.29 is 4.92 Å². The third kappa shape index (κ3) is 5.85. The summed E-state index contributed by atoms with van der Waals surface area (Å²) in [6, 6.07) is 11.5. The maximum atomic E-state index is 11.4. The fourth-order valence-corrected chi connectivity index (χ4v) is 2.91. The predicted molar refractivity (Wildman–Crippen MR) is 118 cm³/mol. The van der Waals surface area contributed by atoms with Gasteiger partial charge in [0.1, 0.15) is 11.5 Å². The first-order valence-corrected chi connectivity index (χ1v) is 9.70. The van der Waals surface area contributed by atoms with E-state index in [1.54, 1.807) is 12.3 Å². The van der Waals surface area contributed by atoms with E-state index in [1.807, 2.05) is 32.3 Å². The molecule has 0 aliphatic heterocycles. The van der Waals surface area contributed by atoms with Crippen LogP contribution >= 0.6 is 11.6 Å². The first-order chi connectivity index (χ1) is 14.4. The number of hydrogen-bond acceptors (Lipinski definition) is 8. The number of aromatic nitrogens is 3. The van der Waals surface area contributed by atoms with Crippen molar-refractivity contribution in [3.63, 3.8) is 0 Å². The van der Waals surface area contributed by atoms with Gasteiger partial charge >= 0.3 is 0 Å². The summed E-state index contributed by atoms with van der Waals surface area (Å²) in [6.45, 7) is 1.60. The zero-order valence-electron chi connectivity index (χ0n) is 16.7. The molecule has 0 bridgehead atoms. The molecule has 0 saturated heterocycles. The Morgan fingerprint density at radius 1 is 1.13 bits per heavy atom. The van der Waals surface area contributed by atoms with Gasteiger partial charge in [-0.2, -0.15) is 4.98 Å². The summed E-state index contributed by atoms with van der Waals surface area (Å²) in [5.41, 5.74) is 1.40. The third-order valence-corrected chi connectivity index (χ3v) is 4.37. The van der Waals surface area contributed by atoms with E-state index >= 15 is 0 Å². The number of benzene rings is 1. The molecule has 0 fully saturated rings. The molecular formula is C20H22ClN7O2. The molecule has 0 aliphatic rings. The molecule has 156 valence electrons. The van der Waals surface area contributed by atoms with Crippen molar-refractivity contribution in [1.29, 1.82) is 0 Å². The van der Waals surface area contributed by atoms with Crippen LogP contribution in [0.1, 0.15) is 6.42 Å². The average Bonchev–Trinajstić information content (AvgIpc) is 2.71. The van der Waals surface area contributed by atoms with Crippen molar-refractivity contribution in [3.05, 3.63) is 63.8 Å². The number of rotatable bonds is 9. The summed E-state index contributed by atoms with van der Waals surface area (Å²) in [5, 5.41) is 18.0. The molecule has 0 saturated carbocycles. The van der Waals surface area contributed by atoms with Crippen LogP contribution < -0.4 is 10.6 Å². The molecule has 0 unspecified atom stereocenters. The molecule has 0 aliphatic carbocycles. The molecular weight excluding hydrogens is 406 g/mol. The topological polar surface area (TPSA) is 109 Å². The van der Waals surface area contributed by atoms with Gasteiger partial charge in [-0.05, 0) is 51.3 Å². The quantitative estimate of drug-likeness (QED) is 0.297. The van der Waals surface area contributed by atoms with Crippen molar-refractivity contribution in [2.75, 3.05) is 37.8 Å². The van der Waals surface area contributed by atoms with E-state index < -0.39 is 4.92 Å². The summed E-state index contributed by atoms with van der Waals surface area (Å²) in [4.78, 5) is 26.3. The first kappa shape index (κ1) is 21.4. The van der Waals surface area contributed by atoms with Crippen LogP contribution in [-0.4, -0.2) is 52.0 Å². The van der Waals surface area contributed by atoms with Crippen LogP contribution in [0, 0.1) is 10.1 Å². The molecule has 2 aromatic heterocycles. The van der Waals surface area contributed by atoms with Crippen molar-refractivity contribution in [3.8, 4) is 11.4 Å². The largest absolute Gasteiger partial charge is 0.354 e. The van der Waals surface area contributed by atoms with Gasteiger partial charge in [-0.3, -0.25) is 15.1 Å². The highest BCUT2D eigenvalue weighted by molar-refractivity contribution is 6.31. The minimum absolute atomic E-state index is 0.0992. The van der Waals surface area contributed by atoms with Crippen LogP contribution in [0.15, 0.2) is 48.7 Å². The Balaban J connectivity index is 1.92. The minimum Gasteiger partial charge on any atom is -0.354 e. The van der Waals surface area contributed by atoms with E-state index in [1.165, 1.54) is 18.2 Å². The second-order valence-electron chi connectivity index (χ2n) is 6.80. The summed E-state index contributed by atoms with van der Waals surface area (Å²) < 4.78 is 0. The van der Waals surface area contributed by atoms with E-state index in [-0.39, 0.29) is 11.4 Å². The van der Waals surface area contributed by atoms with E-state index in [0.29, 0.717) is 34.7 Å². The first-order valence-electron chi connectivity index (χ1n) is 9.32. The second-order valence-corrected chi connectivity index (χ2v) is 7.24. The Morgan fingerprint density at radius 3 is 2.67 bits per heavy atom. The lowest BCUT2D eigenvalue weighted by Gasteiger charge is -2.13. The predicted octanol–water partition coefficient (Wildman–Crippen LogP) is 4.21. The zero-order chi connectivity index (χ0) is 21.5. The van der Waals surface area contributed by atoms with E-state index in [0.717, 1.165) is 13.0 Å². The molecule has 10 heteroatoms. The fraction of sp³-hybridized carbons (Fsp3) is 0.250. The van der Waals surface area contributed by atoms with Crippen LogP contribution in [0.4, 0.5) is 23.1 Å². The lowest BCUT2D eigenvalue weighted by molar-refractivity contribution is -0.383. The molecule has 0 spiro atoms. The van der Waals surface area contributed by atoms with Gasteiger partial charge in [-0.15, -0.1) is 0 Å². The van der Waals surface area contributed by atoms with Gasteiger partial charge in [-0.1, -0.05) is 17.7 Å². The fourth-order valence-electron chi connectivity index (χ4n) is 2.74. The van der Waals surface area contributed by atoms with Crippen molar-refractivity contribution in [2.45, 2.75) is 6.42 Å². The van der Waals surface area contributed by atoms with Gasteiger partial charge in [0, 0.05) is 29.9 Å². The maximum absolute atomic E-state index is 11.4. The number of anilines is 3. The van der Waals surface area contributed by atoms with E-state index in [4.69, 9.17) is 11.6 Å². The molecule has 3 aromatic rings. The highest BCUT2D eigenvalue weighted by Crippen LogP contribution is 2.31. The van der Waals surface area contributed by atoms with Gasteiger partial charge < -0.3 is 15.5 Å². The summed E-state index contributed by atoms with van der Waals surface area (Å²) in [7, 11) is 4.02. The van der Waals surface area contributed by atoms with Crippen molar-refractivity contribution in [1.82, 2.24) is 19.9 Å². The molecule has 3 rings (SSSR count). The van der Waals surface area contributed by atoms with Crippen LogP contribution in [0.2, 0.25) is 5.02 Å². The normalized spacial score (nSPS) is 10.8. The van der Waals surface area contributed by atoms with E-state index in [2.05, 4.69) is 30.5 Å². The Hall–Kier alpha value is -3.30. The standard InChI is InChI=1S/C20H22ClN7O2/c1-27(2)11-5-10-23-20-25-16(15-6-3-4-9-22-15)13-19(26-20)24-17-12-14(21)7-8-18(17)28(29)30/h3-4,6-9,12-13H,5,10-11H2,1-2H3,(H2,23,24,25,26). The monoisotopic (exact) mass is 427 g/mol. The number of nitrogens with one attached hydrogen (secondary N) is 2. The lowest BCUT2D eigenvalue weighted by atomic mass is 10.2. The SMILES string of the molecule is CN(C)CCCNc1nc(Nc2cc(Cl)ccc2[N+](=O)[O-])cc(-c2ccccn2)n1. The van der Waals surface area contributed by atoms with Gasteiger partial charge in [0.05, 0.1) is 16.3 Å². The summed E-state index contributed by atoms with van der Waals surface area (Å²) in [5.74, 6) is 0.801. The smallest absolute Gasteiger partial charge is 0.292 e. The molecule has 0 radical (unpaired) electrons. The molecule has 0 atom stereocenters. The highest BCUT2D eigenvalue weighted by atomic mass is 35.5. The number of hydrogen-bond donors (Lipinski definition) is 2. The molecule has 2 heterocycles. The van der Waals surface area contributed by atoms with Crippen LogP contribution in [0.3, 0.4) is 0 Å². The van der Waals surface area contributed by atoms with Gasteiger partial charge in [0.15, 0.2) is 0 Å². The lowest BCUT2D eigenvalue weighted by Crippen LogP contribution is -2.17. The minimum atomic E-state index is -0.472. The van der Waals surface area contributed by atoms with Crippen LogP contribution in [0.5, 0.6) is 0 Å². The molecule has 9 nitrogen and oxygen atoms in total. The molecule has 2 N–H and O–H groups in total. The van der Waals surface area contributed by atoms with Crippen molar-refractivity contribution >= 4 is 34.7 Å². The van der Waals surface area contributed by atoms with E-state index in [9.17, 15) is 10.1 Å². The zero-order valence-corrected chi connectivity index (χ0v) is 17.4. The molecule has 30 heavy (non-hydrogen) atoms. The second kappa shape index (κ2) is 9.95. The van der Waals surface area contributed by atoms with Gasteiger partial charge in [0.2, 0.25) is 5.95 Å². The van der Waals surface area contributed by atoms with Gasteiger partial charge in [-0.25, -0.2) is 4.98 Å². The van der Waals surface area contributed by atoms with Crippen LogP contribution in [-0.2, 0) is 0 Å². The molecule has 1 aromatic carbocycles. The molecule has 0 amide bonds. The number of pyridine rings is 1. The number of nitro benzene ring substituents is 1. The Bertz CT molecular complexity index is 1020. The Labute approximate surface area is 179 Å². The Morgan fingerprint density at radius 2 is 1.97 bits per heavy atom. The highest BCUT2D eigenvalue weighted by Gasteiger charge is 2.16. The number of nitro groups is 1. The third-order valence-electron chi connectivity index (χ3n) is 4.14. The number of nitrogens with zero attached hydrogens (tertiary/aromatic N) is 5. The number of halogens is 1. The summed E-state index contributed by atoms with van der Waals surface area (Å²) in [6.07, 6.45) is 2.59. The van der Waals surface area contributed by atoms with Crippen molar-refractivity contribution in [2.24, 2.45) is 0 Å². The summed E-state index contributed by atoms with van der Waals surface area (Å²) >= 11 is 6.03. The average molecular weight is 428 g/mol. The van der Waals surface area contributed by atoms with Crippen LogP contribution in [0.25, 0.3) is 11.4 Å².